The lowest BCUT2D eigenvalue weighted by molar-refractivity contribution is 0.637. The molecule has 2 aromatic heterocycles. The molecule has 0 aliphatic rings. The minimum atomic E-state index is -0.327. The molecule has 0 unspecified atom stereocenters. The number of H-pyrrole nitrogens is 1. The largest absolute Gasteiger partial charge is 0.358 e. The minimum Gasteiger partial charge on any atom is -0.358 e. The molecule has 0 aliphatic heterocycles. The van der Waals surface area contributed by atoms with Crippen LogP contribution < -0.4 is 0 Å². The van der Waals surface area contributed by atoms with E-state index < -0.39 is 0 Å². The van der Waals surface area contributed by atoms with Gasteiger partial charge in [-0.25, -0.2) is 4.39 Å². The smallest absolute Gasteiger partial charge is 0.147 e. The SMILES string of the molecule is N#C/C(=C\c1cccc2cnccc12)c1c[nH]c2c(F)cccc12. The van der Waals surface area contributed by atoms with Gasteiger partial charge in [0.1, 0.15) is 5.82 Å². The number of nitrogens with zero attached hydrogens (tertiary/aromatic N) is 2. The number of aromatic amines is 1. The lowest BCUT2D eigenvalue weighted by Crippen LogP contribution is -1.84. The maximum Gasteiger partial charge on any atom is 0.147 e. The molecule has 0 atom stereocenters. The van der Waals surface area contributed by atoms with E-state index in [-0.39, 0.29) is 5.82 Å². The second kappa shape index (κ2) is 5.64. The van der Waals surface area contributed by atoms with Crippen LogP contribution in [0.25, 0.3) is 33.3 Å². The fraction of sp³-hybridized carbons (Fsp3) is 0. The zero-order valence-corrected chi connectivity index (χ0v) is 12.6. The number of halogens is 1. The summed E-state index contributed by atoms with van der Waals surface area (Å²) in [7, 11) is 0. The van der Waals surface area contributed by atoms with Crippen molar-refractivity contribution >= 4 is 33.3 Å². The summed E-state index contributed by atoms with van der Waals surface area (Å²) < 4.78 is 13.9. The first-order valence-corrected chi connectivity index (χ1v) is 7.48. The van der Waals surface area contributed by atoms with Crippen molar-refractivity contribution in [2.24, 2.45) is 0 Å². The van der Waals surface area contributed by atoms with Crippen LogP contribution in [-0.2, 0) is 0 Å². The highest BCUT2D eigenvalue weighted by Crippen LogP contribution is 2.29. The van der Waals surface area contributed by atoms with Gasteiger partial charge < -0.3 is 4.98 Å². The maximum atomic E-state index is 13.9. The van der Waals surface area contributed by atoms with Crippen molar-refractivity contribution in [3.05, 3.63) is 78.0 Å². The van der Waals surface area contributed by atoms with Gasteiger partial charge in [-0.15, -0.1) is 0 Å². The average molecular weight is 313 g/mol. The van der Waals surface area contributed by atoms with Crippen molar-refractivity contribution in [1.82, 2.24) is 9.97 Å². The molecule has 4 aromatic rings. The number of fused-ring (bicyclic) bond motifs is 2. The molecular formula is C20H12FN3. The lowest BCUT2D eigenvalue weighted by Gasteiger charge is -2.03. The predicted molar refractivity (Wildman–Crippen MR) is 93.5 cm³/mol. The summed E-state index contributed by atoms with van der Waals surface area (Å²) in [6, 6.07) is 14.9. The first-order chi connectivity index (χ1) is 11.8. The number of allylic oxidation sites excluding steroid dienone is 1. The van der Waals surface area contributed by atoms with E-state index in [2.05, 4.69) is 16.0 Å². The summed E-state index contributed by atoms with van der Waals surface area (Å²) in [4.78, 5) is 7.04. The zero-order chi connectivity index (χ0) is 16.5. The van der Waals surface area contributed by atoms with E-state index in [1.165, 1.54) is 6.07 Å². The van der Waals surface area contributed by atoms with E-state index in [0.29, 0.717) is 22.0 Å². The van der Waals surface area contributed by atoms with Crippen molar-refractivity contribution in [3.63, 3.8) is 0 Å². The van der Waals surface area contributed by atoms with Gasteiger partial charge in [-0.2, -0.15) is 5.26 Å². The highest BCUT2D eigenvalue weighted by Gasteiger charge is 2.11. The van der Waals surface area contributed by atoms with Crippen LogP contribution in [0.3, 0.4) is 0 Å². The van der Waals surface area contributed by atoms with Crippen molar-refractivity contribution in [1.29, 1.82) is 5.26 Å². The molecule has 0 fully saturated rings. The van der Waals surface area contributed by atoms with Crippen LogP contribution in [0.15, 0.2) is 61.1 Å². The van der Waals surface area contributed by atoms with Crippen LogP contribution in [0.1, 0.15) is 11.1 Å². The Morgan fingerprint density at radius 1 is 1.12 bits per heavy atom. The van der Waals surface area contributed by atoms with Crippen molar-refractivity contribution in [2.75, 3.05) is 0 Å². The summed E-state index contributed by atoms with van der Waals surface area (Å²) in [5.74, 6) is -0.327. The molecule has 3 nitrogen and oxygen atoms in total. The Balaban J connectivity index is 1.93. The maximum absolute atomic E-state index is 13.9. The molecule has 24 heavy (non-hydrogen) atoms. The molecule has 0 saturated carbocycles. The molecule has 2 aromatic carbocycles. The molecule has 114 valence electrons. The Kier molecular flexibility index (Phi) is 3.33. The molecule has 4 heteroatoms. The average Bonchev–Trinajstić information content (AvgIpc) is 3.05. The number of hydrogen-bond acceptors (Lipinski definition) is 2. The zero-order valence-electron chi connectivity index (χ0n) is 12.6. The number of nitriles is 1. The van der Waals surface area contributed by atoms with Crippen molar-refractivity contribution in [2.45, 2.75) is 0 Å². The number of hydrogen-bond donors (Lipinski definition) is 1. The van der Waals surface area contributed by atoms with E-state index >= 15 is 0 Å². The Labute approximate surface area is 137 Å². The van der Waals surface area contributed by atoms with E-state index in [0.717, 1.165) is 16.3 Å². The molecular weight excluding hydrogens is 301 g/mol. The Bertz CT molecular complexity index is 1130. The molecule has 0 aliphatic carbocycles. The third kappa shape index (κ3) is 2.24. The monoisotopic (exact) mass is 313 g/mol. The fourth-order valence-electron chi connectivity index (χ4n) is 2.94. The standard InChI is InChI=1S/C20H12FN3/c21-19-6-2-5-17-18(12-24-20(17)19)15(10-22)9-13-3-1-4-14-11-23-8-7-16(13)14/h1-9,11-12,24H/b15-9+. The molecule has 0 bridgehead atoms. The third-order valence-corrected chi connectivity index (χ3v) is 4.09. The number of rotatable bonds is 2. The van der Waals surface area contributed by atoms with Crippen molar-refractivity contribution < 1.29 is 4.39 Å². The summed E-state index contributed by atoms with van der Waals surface area (Å²) >= 11 is 0. The number of benzene rings is 2. The van der Waals surface area contributed by atoms with Gasteiger partial charge in [-0.1, -0.05) is 30.3 Å². The molecule has 0 spiro atoms. The van der Waals surface area contributed by atoms with Crippen LogP contribution in [0, 0.1) is 17.1 Å². The summed E-state index contributed by atoms with van der Waals surface area (Å²) in [5, 5.41) is 12.3. The van der Waals surface area contributed by atoms with Crippen LogP contribution in [0.5, 0.6) is 0 Å². The van der Waals surface area contributed by atoms with Gasteiger partial charge in [0.2, 0.25) is 0 Å². The van der Waals surface area contributed by atoms with Gasteiger partial charge in [-0.3, -0.25) is 4.98 Å². The lowest BCUT2D eigenvalue weighted by atomic mass is 10.00. The van der Waals surface area contributed by atoms with Crippen LogP contribution in [0.2, 0.25) is 0 Å². The summed E-state index contributed by atoms with van der Waals surface area (Å²) in [5.41, 5.74) is 2.52. The number of nitrogens with one attached hydrogen (secondary N) is 1. The first kappa shape index (κ1) is 14.2. The van der Waals surface area contributed by atoms with Gasteiger partial charge in [0.25, 0.3) is 0 Å². The van der Waals surface area contributed by atoms with E-state index in [4.69, 9.17) is 0 Å². The van der Waals surface area contributed by atoms with Crippen molar-refractivity contribution in [3.8, 4) is 6.07 Å². The summed E-state index contributed by atoms with van der Waals surface area (Å²) in [6.45, 7) is 0. The quantitative estimate of drug-likeness (QED) is 0.534. The van der Waals surface area contributed by atoms with E-state index in [9.17, 15) is 9.65 Å². The molecule has 0 saturated heterocycles. The molecule has 4 rings (SSSR count). The topological polar surface area (TPSA) is 52.5 Å². The third-order valence-electron chi connectivity index (χ3n) is 4.09. The minimum absolute atomic E-state index is 0.327. The van der Waals surface area contributed by atoms with Crippen LogP contribution in [0.4, 0.5) is 4.39 Å². The Morgan fingerprint density at radius 2 is 2.00 bits per heavy atom. The number of aromatic nitrogens is 2. The first-order valence-electron chi connectivity index (χ1n) is 7.48. The molecule has 2 heterocycles. The molecule has 0 radical (unpaired) electrons. The second-order valence-electron chi connectivity index (χ2n) is 5.48. The van der Waals surface area contributed by atoms with E-state index in [1.807, 2.05) is 36.4 Å². The van der Waals surface area contributed by atoms with Crippen LogP contribution >= 0.6 is 0 Å². The van der Waals surface area contributed by atoms with Gasteiger partial charge in [-0.05, 0) is 29.2 Å². The summed E-state index contributed by atoms with van der Waals surface area (Å²) in [6.07, 6.45) is 7.03. The molecule has 0 amide bonds. The number of para-hydroxylation sites is 1. The van der Waals surface area contributed by atoms with Crippen LogP contribution in [-0.4, -0.2) is 9.97 Å². The van der Waals surface area contributed by atoms with Gasteiger partial charge in [0.15, 0.2) is 0 Å². The van der Waals surface area contributed by atoms with E-state index in [1.54, 1.807) is 24.7 Å². The van der Waals surface area contributed by atoms with Gasteiger partial charge in [0, 0.05) is 34.9 Å². The highest BCUT2D eigenvalue weighted by molar-refractivity contribution is 6.04. The molecule has 1 N–H and O–H groups in total. The highest BCUT2D eigenvalue weighted by atomic mass is 19.1. The number of pyridine rings is 1. The van der Waals surface area contributed by atoms with Gasteiger partial charge in [0.05, 0.1) is 17.2 Å². The Morgan fingerprint density at radius 3 is 2.88 bits per heavy atom. The fourth-order valence-corrected chi connectivity index (χ4v) is 2.94. The predicted octanol–water partition coefficient (Wildman–Crippen LogP) is 4.92. The Hall–Kier alpha value is -3.45. The second-order valence-corrected chi connectivity index (χ2v) is 5.48. The van der Waals surface area contributed by atoms with Gasteiger partial charge >= 0.3 is 0 Å². The normalized spacial score (nSPS) is 11.8.